The third kappa shape index (κ3) is 3.28. The van der Waals surface area contributed by atoms with Gasteiger partial charge in [-0.3, -0.25) is 13.9 Å². The van der Waals surface area contributed by atoms with E-state index in [2.05, 4.69) is 10.3 Å². The van der Waals surface area contributed by atoms with Crippen LogP contribution in [0.5, 0.6) is 0 Å². The summed E-state index contributed by atoms with van der Waals surface area (Å²) < 4.78 is 9.39. The molecular formula is C18H23N5O3. The van der Waals surface area contributed by atoms with E-state index in [9.17, 15) is 9.59 Å². The summed E-state index contributed by atoms with van der Waals surface area (Å²) in [4.78, 5) is 30.1. The molecular weight excluding hydrogens is 334 g/mol. The Morgan fingerprint density at radius 2 is 1.85 bits per heavy atom. The van der Waals surface area contributed by atoms with Gasteiger partial charge in [0.2, 0.25) is 5.95 Å². The Bertz CT molecular complexity index is 1020. The summed E-state index contributed by atoms with van der Waals surface area (Å²) in [5.41, 5.74) is 0.951. The third-order valence-corrected chi connectivity index (χ3v) is 4.35. The Kier molecular flexibility index (Phi) is 5.22. The van der Waals surface area contributed by atoms with Crippen molar-refractivity contribution < 1.29 is 4.74 Å². The molecule has 1 aromatic carbocycles. The molecule has 2 aromatic heterocycles. The van der Waals surface area contributed by atoms with Gasteiger partial charge >= 0.3 is 5.69 Å². The highest BCUT2D eigenvalue weighted by Crippen LogP contribution is 2.13. The number of fused-ring (bicyclic) bond motifs is 1. The van der Waals surface area contributed by atoms with Gasteiger partial charge in [-0.05, 0) is 12.0 Å². The number of aromatic nitrogens is 4. The maximum absolute atomic E-state index is 13.0. The van der Waals surface area contributed by atoms with Crippen LogP contribution in [0.25, 0.3) is 11.2 Å². The maximum Gasteiger partial charge on any atom is 0.332 e. The first kappa shape index (κ1) is 17.9. The van der Waals surface area contributed by atoms with Gasteiger partial charge in [0.15, 0.2) is 11.2 Å². The highest BCUT2D eigenvalue weighted by molar-refractivity contribution is 5.74. The van der Waals surface area contributed by atoms with E-state index < -0.39 is 0 Å². The molecule has 0 aliphatic carbocycles. The predicted octanol–water partition coefficient (Wildman–Crippen LogP) is 0.930. The molecule has 0 aliphatic rings. The van der Waals surface area contributed by atoms with Gasteiger partial charge in [-0.2, -0.15) is 4.98 Å². The molecule has 8 nitrogen and oxygen atoms in total. The van der Waals surface area contributed by atoms with Crippen LogP contribution in [0.3, 0.4) is 0 Å². The van der Waals surface area contributed by atoms with Gasteiger partial charge in [-0.1, -0.05) is 30.3 Å². The lowest BCUT2D eigenvalue weighted by Crippen LogP contribution is -2.39. The van der Waals surface area contributed by atoms with Crippen LogP contribution in [0.1, 0.15) is 12.0 Å². The lowest BCUT2D eigenvalue weighted by Gasteiger charge is -2.09. The average molecular weight is 357 g/mol. The summed E-state index contributed by atoms with van der Waals surface area (Å²) in [6, 6.07) is 9.45. The summed E-state index contributed by atoms with van der Waals surface area (Å²) in [6.45, 7) is 1.53. The Morgan fingerprint density at radius 1 is 1.12 bits per heavy atom. The topological polar surface area (TPSA) is 83.1 Å². The van der Waals surface area contributed by atoms with Crippen molar-refractivity contribution in [2.24, 2.45) is 14.1 Å². The minimum atomic E-state index is -0.379. The molecule has 0 radical (unpaired) electrons. The summed E-state index contributed by atoms with van der Waals surface area (Å²) in [5.74, 6) is 0.556. The van der Waals surface area contributed by atoms with E-state index >= 15 is 0 Å². The average Bonchev–Trinajstić information content (AvgIpc) is 2.98. The number of anilines is 1. The summed E-state index contributed by atoms with van der Waals surface area (Å²) >= 11 is 0. The fraction of sp³-hybridized carbons (Fsp3) is 0.389. The van der Waals surface area contributed by atoms with Crippen molar-refractivity contribution in [2.75, 3.05) is 25.6 Å². The Balaban J connectivity index is 2.04. The molecule has 0 bridgehead atoms. The number of rotatable bonds is 7. The van der Waals surface area contributed by atoms with Gasteiger partial charge in [-0.25, -0.2) is 4.79 Å². The van der Waals surface area contributed by atoms with Gasteiger partial charge in [0.05, 0.1) is 6.54 Å². The zero-order valence-corrected chi connectivity index (χ0v) is 15.2. The number of methoxy groups -OCH3 is 1. The minimum absolute atomic E-state index is 0.226. The maximum atomic E-state index is 13.0. The quantitative estimate of drug-likeness (QED) is 0.636. The first-order valence-corrected chi connectivity index (χ1v) is 8.47. The molecule has 0 amide bonds. The number of nitrogens with one attached hydrogen (secondary N) is 1. The van der Waals surface area contributed by atoms with Crippen LogP contribution in [0.4, 0.5) is 5.95 Å². The van der Waals surface area contributed by atoms with E-state index in [0.29, 0.717) is 30.3 Å². The highest BCUT2D eigenvalue weighted by atomic mass is 16.5. The number of imidazole rings is 1. The van der Waals surface area contributed by atoms with E-state index in [1.807, 2.05) is 30.3 Å². The SMILES string of the molecule is COCCCNc1nc2c(c(=O)n(Cc3ccccc3)c(=O)n2C)n1C. The molecule has 0 aliphatic heterocycles. The second-order valence-corrected chi connectivity index (χ2v) is 6.16. The van der Waals surface area contributed by atoms with Crippen molar-refractivity contribution in [3.8, 4) is 0 Å². The van der Waals surface area contributed by atoms with Crippen LogP contribution in [0, 0.1) is 0 Å². The largest absolute Gasteiger partial charge is 0.385 e. The molecule has 138 valence electrons. The molecule has 0 fully saturated rings. The van der Waals surface area contributed by atoms with Crippen molar-refractivity contribution in [2.45, 2.75) is 13.0 Å². The molecule has 1 N–H and O–H groups in total. The van der Waals surface area contributed by atoms with Gasteiger partial charge < -0.3 is 14.6 Å². The monoisotopic (exact) mass is 357 g/mol. The molecule has 0 unspecified atom stereocenters. The van der Waals surface area contributed by atoms with E-state index in [-0.39, 0.29) is 17.8 Å². The smallest absolute Gasteiger partial charge is 0.332 e. The number of aryl methyl sites for hydroxylation is 2. The minimum Gasteiger partial charge on any atom is -0.385 e. The molecule has 3 rings (SSSR count). The molecule has 0 spiro atoms. The van der Waals surface area contributed by atoms with E-state index in [4.69, 9.17) is 4.74 Å². The van der Waals surface area contributed by atoms with Gasteiger partial charge in [-0.15, -0.1) is 0 Å². The number of benzene rings is 1. The van der Waals surface area contributed by atoms with Gasteiger partial charge in [0.1, 0.15) is 0 Å². The van der Waals surface area contributed by atoms with E-state index in [1.54, 1.807) is 25.8 Å². The van der Waals surface area contributed by atoms with Crippen LogP contribution in [0.2, 0.25) is 0 Å². The molecule has 8 heteroatoms. The van der Waals surface area contributed by atoms with E-state index in [1.165, 1.54) is 9.13 Å². The number of nitrogens with zero attached hydrogens (tertiary/aromatic N) is 4. The van der Waals surface area contributed by atoms with Crippen LogP contribution < -0.4 is 16.6 Å². The zero-order chi connectivity index (χ0) is 18.7. The van der Waals surface area contributed by atoms with Crippen molar-refractivity contribution in [3.05, 3.63) is 56.7 Å². The fourth-order valence-electron chi connectivity index (χ4n) is 2.92. The van der Waals surface area contributed by atoms with Gasteiger partial charge in [0, 0.05) is 34.4 Å². The highest BCUT2D eigenvalue weighted by Gasteiger charge is 2.18. The first-order chi connectivity index (χ1) is 12.5. The Morgan fingerprint density at radius 3 is 2.54 bits per heavy atom. The van der Waals surface area contributed by atoms with Crippen molar-refractivity contribution >= 4 is 17.1 Å². The first-order valence-electron chi connectivity index (χ1n) is 8.47. The van der Waals surface area contributed by atoms with Gasteiger partial charge in [0.25, 0.3) is 5.56 Å². The standard InChI is InChI=1S/C18H23N5O3/c1-21-14-15(20-17(21)19-10-7-11-26-3)22(2)18(25)23(16(14)24)12-13-8-5-4-6-9-13/h4-6,8-9H,7,10-12H2,1-3H3,(H,19,20). The number of ether oxygens (including phenoxy) is 1. The Labute approximate surface area is 150 Å². The third-order valence-electron chi connectivity index (χ3n) is 4.35. The van der Waals surface area contributed by atoms with Crippen LogP contribution >= 0.6 is 0 Å². The molecule has 0 saturated heterocycles. The summed E-state index contributed by atoms with van der Waals surface area (Å²) in [7, 11) is 5.06. The van der Waals surface area contributed by atoms with Crippen molar-refractivity contribution in [1.82, 2.24) is 18.7 Å². The van der Waals surface area contributed by atoms with Crippen LogP contribution in [-0.2, 0) is 25.4 Å². The fourth-order valence-corrected chi connectivity index (χ4v) is 2.92. The van der Waals surface area contributed by atoms with Crippen molar-refractivity contribution in [3.63, 3.8) is 0 Å². The van der Waals surface area contributed by atoms with Crippen LogP contribution in [0.15, 0.2) is 39.9 Å². The summed E-state index contributed by atoms with van der Waals surface area (Å²) in [5, 5.41) is 3.19. The molecule has 0 saturated carbocycles. The molecule has 0 atom stereocenters. The number of hydrogen-bond acceptors (Lipinski definition) is 5. The number of hydrogen-bond donors (Lipinski definition) is 1. The Hall–Kier alpha value is -2.87. The zero-order valence-electron chi connectivity index (χ0n) is 15.2. The second-order valence-electron chi connectivity index (χ2n) is 6.16. The van der Waals surface area contributed by atoms with Crippen molar-refractivity contribution in [1.29, 1.82) is 0 Å². The molecule has 26 heavy (non-hydrogen) atoms. The molecule has 2 heterocycles. The lowest BCUT2D eigenvalue weighted by molar-refractivity contribution is 0.197. The normalized spacial score (nSPS) is 11.2. The second kappa shape index (κ2) is 7.57. The predicted molar refractivity (Wildman–Crippen MR) is 101 cm³/mol. The summed E-state index contributed by atoms with van der Waals surface area (Å²) in [6.07, 6.45) is 0.816. The lowest BCUT2D eigenvalue weighted by atomic mass is 10.2. The van der Waals surface area contributed by atoms with E-state index in [0.717, 1.165) is 12.0 Å². The van der Waals surface area contributed by atoms with Crippen LogP contribution in [-0.4, -0.2) is 38.9 Å². The molecule has 3 aromatic rings.